The zero-order valence-corrected chi connectivity index (χ0v) is 14.9. The lowest BCUT2D eigenvalue weighted by atomic mass is 10.1. The van der Waals surface area contributed by atoms with E-state index in [-0.39, 0.29) is 0 Å². The average Bonchev–Trinajstić information content (AvgIpc) is 3.38. The van der Waals surface area contributed by atoms with Gasteiger partial charge in [-0.3, -0.25) is 5.10 Å². The molecule has 3 heterocycles. The Balaban J connectivity index is 1.55. The van der Waals surface area contributed by atoms with E-state index in [1.54, 1.807) is 4.52 Å². The molecule has 5 aromatic rings. The Morgan fingerprint density at radius 3 is 2.54 bits per heavy atom. The average molecular weight is 379 g/mol. The topological polar surface area (TPSA) is 71.8 Å². The molecule has 5 rings (SSSR count). The molecule has 6 nitrogen and oxygen atoms in total. The number of H-pyrrole nitrogens is 1. The van der Waals surface area contributed by atoms with E-state index < -0.39 is 0 Å². The molecule has 3 aromatic heterocycles. The number of rotatable bonds is 3. The lowest BCUT2D eigenvalue weighted by Gasteiger charge is -1.95. The summed E-state index contributed by atoms with van der Waals surface area (Å²) in [6, 6.07) is 19.5. The van der Waals surface area contributed by atoms with Crippen molar-refractivity contribution in [1.29, 1.82) is 0 Å². The van der Waals surface area contributed by atoms with Crippen molar-refractivity contribution in [2.24, 2.45) is 0 Å². The monoisotopic (exact) mass is 378 g/mol. The second-order valence-electron chi connectivity index (χ2n) is 5.66. The Labute approximate surface area is 157 Å². The number of fused-ring (bicyclic) bond motifs is 1. The second kappa shape index (κ2) is 6.05. The maximum absolute atomic E-state index is 5.95. The molecule has 26 heavy (non-hydrogen) atoms. The van der Waals surface area contributed by atoms with E-state index in [1.807, 2.05) is 60.7 Å². The van der Waals surface area contributed by atoms with E-state index in [0.29, 0.717) is 10.8 Å². The fourth-order valence-corrected chi connectivity index (χ4v) is 3.66. The van der Waals surface area contributed by atoms with E-state index >= 15 is 0 Å². The molecule has 1 N–H and O–H groups in total. The van der Waals surface area contributed by atoms with Gasteiger partial charge in [0, 0.05) is 16.1 Å². The lowest BCUT2D eigenvalue weighted by Crippen LogP contribution is -1.91. The van der Waals surface area contributed by atoms with Crippen LogP contribution in [0.3, 0.4) is 0 Å². The van der Waals surface area contributed by atoms with Crippen LogP contribution < -0.4 is 0 Å². The van der Waals surface area contributed by atoms with E-state index in [0.717, 1.165) is 32.5 Å². The van der Waals surface area contributed by atoms with Gasteiger partial charge >= 0.3 is 0 Å². The van der Waals surface area contributed by atoms with Crippen molar-refractivity contribution in [2.45, 2.75) is 0 Å². The van der Waals surface area contributed by atoms with Gasteiger partial charge < -0.3 is 0 Å². The number of hydrogen-bond acceptors (Lipinski definition) is 5. The highest BCUT2D eigenvalue weighted by molar-refractivity contribution is 7.19. The molecule has 0 radical (unpaired) electrons. The number of hydrogen-bond donors (Lipinski definition) is 1. The summed E-state index contributed by atoms with van der Waals surface area (Å²) in [7, 11) is 0. The Bertz CT molecular complexity index is 1190. The summed E-state index contributed by atoms with van der Waals surface area (Å²) in [6.45, 7) is 0. The van der Waals surface area contributed by atoms with Gasteiger partial charge in [0.15, 0.2) is 0 Å². The third-order valence-electron chi connectivity index (χ3n) is 3.97. The smallest absolute Gasteiger partial charge is 0.235 e. The minimum atomic E-state index is 0.631. The number of aromatic amines is 1. The van der Waals surface area contributed by atoms with Crippen LogP contribution >= 0.6 is 22.9 Å². The molecule has 0 saturated carbocycles. The van der Waals surface area contributed by atoms with Crippen LogP contribution in [-0.2, 0) is 0 Å². The molecule has 0 saturated heterocycles. The second-order valence-corrected chi connectivity index (χ2v) is 7.06. The molecule has 0 aliphatic heterocycles. The standard InChI is InChI=1S/C18H11ClN6S/c19-13-8-6-11(7-9-13)14-10-15(21-20-14)16-22-23-18-25(16)24-17(26-18)12-4-2-1-3-5-12/h1-10H,(H,20,21). The van der Waals surface area contributed by atoms with Crippen molar-refractivity contribution in [3.63, 3.8) is 0 Å². The summed E-state index contributed by atoms with van der Waals surface area (Å²) in [4.78, 5) is 0.737. The number of nitrogens with one attached hydrogen (secondary N) is 1. The van der Waals surface area contributed by atoms with Gasteiger partial charge in [0.25, 0.3) is 0 Å². The summed E-state index contributed by atoms with van der Waals surface area (Å²) < 4.78 is 1.74. The Morgan fingerprint density at radius 1 is 0.923 bits per heavy atom. The van der Waals surface area contributed by atoms with Crippen molar-refractivity contribution in [3.8, 4) is 33.3 Å². The largest absolute Gasteiger partial charge is 0.274 e. The molecule has 0 amide bonds. The number of halogens is 1. The van der Waals surface area contributed by atoms with Crippen LogP contribution in [0.15, 0.2) is 60.7 Å². The first-order chi connectivity index (χ1) is 12.8. The Morgan fingerprint density at radius 2 is 1.73 bits per heavy atom. The van der Waals surface area contributed by atoms with E-state index in [4.69, 9.17) is 11.6 Å². The molecule has 8 heteroatoms. The molecule has 2 aromatic carbocycles. The van der Waals surface area contributed by atoms with Crippen LogP contribution in [0.1, 0.15) is 0 Å². The molecular weight excluding hydrogens is 368 g/mol. The van der Waals surface area contributed by atoms with E-state index in [1.165, 1.54) is 11.3 Å². The summed E-state index contributed by atoms with van der Waals surface area (Å²) >= 11 is 7.45. The Kier molecular flexibility index (Phi) is 3.55. The van der Waals surface area contributed by atoms with Gasteiger partial charge in [-0.2, -0.15) is 14.7 Å². The predicted molar refractivity (Wildman–Crippen MR) is 102 cm³/mol. The highest BCUT2D eigenvalue weighted by Crippen LogP contribution is 2.28. The first kappa shape index (κ1) is 15.2. The van der Waals surface area contributed by atoms with Crippen LogP contribution in [0.2, 0.25) is 5.02 Å². The highest BCUT2D eigenvalue weighted by Gasteiger charge is 2.16. The van der Waals surface area contributed by atoms with Crippen LogP contribution in [-0.4, -0.2) is 30.0 Å². The third kappa shape index (κ3) is 2.58. The van der Waals surface area contributed by atoms with Crippen LogP contribution in [0.25, 0.3) is 38.3 Å². The van der Waals surface area contributed by atoms with Crippen molar-refractivity contribution in [1.82, 2.24) is 30.0 Å². The molecule has 0 aliphatic rings. The van der Waals surface area contributed by atoms with Crippen molar-refractivity contribution in [3.05, 3.63) is 65.7 Å². The quantitative estimate of drug-likeness (QED) is 0.499. The molecule has 0 fully saturated rings. The van der Waals surface area contributed by atoms with E-state index in [2.05, 4.69) is 25.5 Å². The first-order valence-corrected chi connectivity index (χ1v) is 9.07. The number of benzene rings is 2. The molecule has 0 atom stereocenters. The van der Waals surface area contributed by atoms with Gasteiger partial charge in [0.1, 0.15) is 10.7 Å². The van der Waals surface area contributed by atoms with Gasteiger partial charge in [0.2, 0.25) is 10.8 Å². The maximum atomic E-state index is 5.95. The zero-order chi connectivity index (χ0) is 17.5. The van der Waals surface area contributed by atoms with Crippen LogP contribution in [0, 0.1) is 0 Å². The van der Waals surface area contributed by atoms with Gasteiger partial charge in [-0.15, -0.1) is 10.2 Å². The number of aromatic nitrogens is 6. The number of nitrogens with zero attached hydrogens (tertiary/aromatic N) is 5. The lowest BCUT2D eigenvalue weighted by molar-refractivity contribution is 0.955. The van der Waals surface area contributed by atoms with Crippen LogP contribution in [0.4, 0.5) is 0 Å². The normalized spacial score (nSPS) is 11.3. The molecule has 126 valence electrons. The van der Waals surface area contributed by atoms with Crippen molar-refractivity contribution >= 4 is 27.9 Å². The first-order valence-electron chi connectivity index (χ1n) is 7.87. The minimum absolute atomic E-state index is 0.631. The van der Waals surface area contributed by atoms with Crippen molar-refractivity contribution in [2.75, 3.05) is 0 Å². The summed E-state index contributed by atoms with van der Waals surface area (Å²) in [6.07, 6.45) is 0. The predicted octanol–water partition coefficient (Wildman–Crippen LogP) is 4.56. The fraction of sp³-hybridized carbons (Fsp3) is 0. The minimum Gasteiger partial charge on any atom is -0.274 e. The van der Waals surface area contributed by atoms with Gasteiger partial charge in [-0.05, 0) is 18.2 Å². The molecular formula is C18H11ClN6S. The van der Waals surface area contributed by atoms with Gasteiger partial charge in [-0.1, -0.05) is 65.4 Å². The summed E-state index contributed by atoms with van der Waals surface area (Å²) in [5.74, 6) is 0.631. The van der Waals surface area contributed by atoms with Gasteiger partial charge in [0.05, 0.1) is 5.69 Å². The summed E-state index contributed by atoms with van der Waals surface area (Å²) in [5.41, 5.74) is 3.60. The van der Waals surface area contributed by atoms with Crippen LogP contribution in [0.5, 0.6) is 0 Å². The molecule has 0 unspecified atom stereocenters. The summed E-state index contributed by atoms with van der Waals surface area (Å²) in [5, 5.41) is 22.1. The Hall–Kier alpha value is -3.03. The SMILES string of the molecule is Clc1ccc(-c2cc(-c3nnc4sc(-c5ccccc5)nn34)[nH]n2)cc1. The fourth-order valence-electron chi connectivity index (χ4n) is 2.69. The van der Waals surface area contributed by atoms with Crippen molar-refractivity contribution < 1.29 is 0 Å². The zero-order valence-electron chi connectivity index (χ0n) is 13.3. The van der Waals surface area contributed by atoms with E-state index in [9.17, 15) is 0 Å². The molecule has 0 spiro atoms. The van der Waals surface area contributed by atoms with Gasteiger partial charge in [-0.25, -0.2) is 0 Å². The highest BCUT2D eigenvalue weighted by atomic mass is 35.5. The third-order valence-corrected chi connectivity index (χ3v) is 5.17. The molecule has 0 bridgehead atoms. The molecule has 0 aliphatic carbocycles. The maximum Gasteiger partial charge on any atom is 0.235 e.